The van der Waals surface area contributed by atoms with E-state index in [1.807, 2.05) is 36.4 Å². The van der Waals surface area contributed by atoms with Gasteiger partial charge in [0.25, 0.3) is 5.91 Å². The zero-order valence-electron chi connectivity index (χ0n) is 18.0. The topological polar surface area (TPSA) is 68.3 Å². The summed E-state index contributed by atoms with van der Waals surface area (Å²) >= 11 is 5.99. The van der Waals surface area contributed by atoms with E-state index in [9.17, 15) is 9.59 Å². The van der Waals surface area contributed by atoms with E-state index in [0.717, 1.165) is 5.69 Å². The lowest BCUT2D eigenvalue weighted by Crippen LogP contribution is -2.37. The number of anilines is 2. The van der Waals surface area contributed by atoms with Crippen molar-refractivity contribution in [3.8, 4) is 11.5 Å². The molecular formula is C25H21ClN2O5. The second kappa shape index (κ2) is 8.42. The first-order valence-electron chi connectivity index (χ1n) is 10.4. The highest BCUT2D eigenvalue weighted by atomic mass is 35.5. The van der Waals surface area contributed by atoms with Gasteiger partial charge < -0.3 is 9.47 Å². The highest BCUT2D eigenvalue weighted by molar-refractivity contribution is 6.31. The fraction of sp³-hybridized carbons (Fsp3) is 0.200. The lowest BCUT2D eigenvalue weighted by molar-refractivity contribution is -0.126. The number of para-hydroxylation sites is 1. The van der Waals surface area contributed by atoms with Gasteiger partial charge in [-0.25, -0.2) is 9.96 Å². The predicted molar refractivity (Wildman–Crippen MR) is 124 cm³/mol. The van der Waals surface area contributed by atoms with Crippen LogP contribution in [0.5, 0.6) is 11.5 Å². The molecule has 0 aliphatic carbocycles. The number of imide groups is 1. The van der Waals surface area contributed by atoms with Crippen LogP contribution in [0.3, 0.4) is 0 Å². The van der Waals surface area contributed by atoms with Gasteiger partial charge in [0.05, 0.1) is 31.6 Å². The number of carbonyl (C=O) groups is 2. The number of hydrogen-bond donors (Lipinski definition) is 0. The van der Waals surface area contributed by atoms with E-state index in [1.165, 1.54) is 4.90 Å². The summed E-state index contributed by atoms with van der Waals surface area (Å²) in [5, 5.41) is 2.15. The number of hydrogen-bond acceptors (Lipinski definition) is 6. The average Bonchev–Trinajstić information content (AvgIpc) is 3.35. The van der Waals surface area contributed by atoms with Crippen LogP contribution in [0.4, 0.5) is 11.4 Å². The van der Waals surface area contributed by atoms with Gasteiger partial charge in [0.1, 0.15) is 17.4 Å². The van der Waals surface area contributed by atoms with Gasteiger partial charge in [-0.3, -0.25) is 14.4 Å². The van der Waals surface area contributed by atoms with Crippen molar-refractivity contribution in [3.63, 3.8) is 0 Å². The normalized spacial score (nSPS) is 22.0. The SMILES string of the molecule is COc1ccc([C@@H]2[C@H]3C(=O)N(c4ccc(Cl)cc4)C(=O)[C@H]3ON2c2ccccc2)c(OC)c1. The third-order valence-corrected chi connectivity index (χ3v) is 6.22. The smallest absolute Gasteiger partial charge is 0.266 e. The van der Waals surface area contributed by atoms with Crippen LogP contribution in [0.15, 0.2) is 72.8 Å². The maximum absolute atomic E-state index is 13.7. The Hall–Kier alpha value is -3.55. The first-order chi connectivity index (χ1) is 16.0. The second-order valence-corrected chi connectivity index (χ2v) is 8.19. The van der Waals surface area contributed by atoms with Gasteiger partial charge in [-0.05, 0) is 48.5 Å². The molecule has 168 valence electrons. The van der Waals surface area contributed by atoms with Gasteiger partial charge in [-0.2, -0.15) is 0 Å². The van der Waals surface area contributed by atoms with Crippen molar-refractivity contribution < 1.29 is 23.9 Å². The lowest BCUT2D eigenvalue weighted by Gasteiger charge is -2.29. The van der Waals surface area contributed by atoms with Crippen molar-refractivity contribution in [2.75, 3.05) is 24.2 Å². The third kappa shape index (κ3) is 3.50. The van der Waals surface area contributed by atoms with Crippen LogP contribution >= 0.6 is 11.6 Å². The Morgan fingerprint density at radius 3 is 2.24 bits per heavy atom. The Balaban J connectivity index is 1.62. The molecule has 3 atom stereocenters. The van der Waals surface area contributed by atoms with E-state index in [1.54, 1.807) is 55.7 Å². The van der Waals surface area contributed by atoms with Crippen molar-refractivity contribution in [1.29, 1.82) is 0 Å². The molecule has 0 aromatic heterocycles. The number of amides is 2. The zero-order chi connectivity index (χ0) is 23.1. The van der Waals surface area contributed by atoms with Crippen LogP contribution in [0.2, 0.25) is 5.02 Å². The quantitative estimate of drug-likeness (QED) is 0.521. The van der Waals surface area contributed by atoms with E-state index >= 15 is 0 Å². The number of fused-ring (bicyclic) bond motifs is 1. The number of nitrogens with zero attached hydrogens (tertiary/aromatic N) is 2. The number of rotatable bonds is 5. The molecule has 2 saturated heterocycles. The molecule has 0 spiro atoms. The van der Waals surface area contributed by atoms with Gasteiger partial charge >= 0.3 is 0 Å². The van der Waals surface area contributed by atoms with E-state index in [4.69, 9.17) is 25.9 Å². The van der Waals surface area contributed by atoms with E-state index in [-0.39, 0.29) is 5.91 Å². The van der Waals surface area contributed by atoms with Crippen LogP contribution in [-0.2, 0) is 14.4 Å². The molecule has 3 aromatic carbocycles. The number of benzene rings is 3. The maximum Gasteiger partial charge on any atom is 0.266 e. The maximum atomic E-state index is 13.7. The largest absolute Gasteiger partial charge is 0.497 e. The Kier molecular flexibility index (Phi) is 5.44. The molecule has 7 nitrogen and oxygen atoms in total. The van der Waals surface area contributed by atoms with Gasteiger partial charge in [0, 0.05) is 16.7 Å². The fourth-order valence-corrected chi connectivity index (χ4v) is 4.56. The summed E-state index contributed by atoms with van der Waals surface area (Å²) in [5.74, 6) is -0.365. The molecule has 5 rings (SSSR count). The standard InChI is InChI=1S/C25H21ClN2O5/c1-31-18-12-13-19(20(14-18)32-2)22-21-23(33-28(22)17-6-4-3-5-7-17)25(30)27(24(21)29)16-10-8-15(26)9-11-16/h3-14,21-23H,1-2H3/t21-,22-,23+/m1/s1. The first kappa shape index (κ1) is 21.3. The minimum absolute atomic E-state index is 0.339. The highest BCUT2D eigenvalue weighted by Gasteiger charge is 2.60. The molecule has 0 unspecified atom stereocenters. The summed E-state index contributed by atoms with van der Waals surface area (Å²) in [6, 6.07) is 20.8. The molecule has 2 aliphatic rings. The molecule has 33 heavy (non-hydrogen) atoms. The molecule has 3 aromatic rings. The molecule has 0 saturated carbocycles. The van der Waals surface area contributed by atoms with Crippen molar-refractivity contribution in [1.82, 2.24) is 0 Å². The average molecular weight is 465 g/mol. The molecule has 2 fully saturated rings. The Morgan fingerprint density at radius 2 is 1.58 bits per heavy atom. The molecule has 0 bridgehead atoms. The Morgan fingerprint density at radius 1 is 0.848 bits per heavy atom. The third-order valence-electron chi connectivity index (χ3n) is 5.97. The highest BCUT2D eigenvalue weighted by Crippen LogP contribution is 2.50. The molecule has 8 heteroatoms. The Labute approximate surface area is 196 Å². The molecule has 0 radical (unpaired) electrons. The predicted octanol–water partition coefficient (Wildman–Crippen LogP) is 4.41. The summed E-state index contributed by atoms with van der Waals surface area (Å²) in [6.07, 6.45) is -0.967. The minimum atomic E-state index is -0.967. The second-order valence-electron chi connectivity index (χ2n) is 7.75. The van der Waals surface area contributed by atoms with E-state index < -0.39 is 24.0 Å². The summed E-state index contributed by atoms with van der Waals surface area (Å²) in [7, 11) is 3.13. The van der Waals surface area contributed by atoms with Crippen molar-refractivity contribution in [3.05, 3.63) is 83.4 Å². The van der Waals surface area contributed by atoms with E-state index in [2.05, 4.69) is 0 Å². The number of hydroxylamine groups is 1. The van der Waals surface area contributed by atoms with Crippen LogP contribution in [0, 0.1) is 5.92 Å². The summed E-state index contributed by atoms with van der Waals surface area (Å²) in [6.45, 7) is 0. The van der Waals surface area contributed by atoms with Crippen LogP contribution < -0.4 is 19.4 Å². The fourth-order valence-electron chi connectivity index (χ4n) is 4.44. The van der Waals surface area contributed by atoms with Crippen molar-refractivity contribution in [2.24, 2.45) is 5.92 Å². The monoisotopic (exact) mass is 464 g/mol. The molecule has 2 heterocycles. The van der Waals surface area contributed by atoms with Gasteiger partial charge in [-0.1, -0.05) is 29.8 Å². The van der Waals surface area contributed by atoms with Crippen molar-refractivity contribution in [2.45, 2.75) is 12.1 Å². The summed E-state index contributed by atoms with van der Waals surface area (Å²) < 4.78 is 11.0. The van der Waals surface area contributed by atoms with E-state index in [0.29, 0.717) is 27.8 Å². The summed E-state index contributed by atoms with van der Waals surface area (Å²) in [5.41, 5.74) is 1.90. The zero-order valence-corrected chi connectivity index (χ0v) is 18.7. The van der Waals surface area contributed by atoms with Gasteiger partial charge in [-0.15, -0.1) is 0 Å². The van der Waals surface area contributed by atoms with Gasteiger partial charge in [0.15, 0.2) is 6.10 Å². The molecule has 2 amide bonds. The van der Waals surface area contributed by atoms with Crippen LogP contribution in [-0.4, -0.2) is 32.1 Å². The molecule has 0 N–H and O–H groups in total. The van der Waals surface area contributed by atoms with Gasteiger partial charge in [0.2, 0.25) is 5.91 Å². The molecular weight excluding hydrogens is 444 g/mol. The number of methoxy groups -OCH3 is 2. The number of ether oxygens (including phenoxy) is 2. The Bertz CT molecular complexity index is 1200. The number of carbonyl (C=O) groups excluding carboxylic acids is 2. The van der Waals surface area contributed by atoms with Crippen LogP contribution in [0.25, 0.3) is 0 Å². The van der Waals surface area contributed by atoms with Crippen LogP contribution in [0.1, 0.15) is 11.6 Å². The van der Waals surface area contributed by atoms with Crippen molar-refractivity contribution >= 4 is 34.8 Å². The summed E-state index contributed by atoms with van der Waals surface area (Å²) in [4.78, 5) is 34.4. The minimum Gasteiger partial charge on any atom is -0.497 e. The number of halogens is 1. The molecule has 2 aliphatic heterocycles. The first-order valence-corrected chi connectivity index (χ1v) is 10.8. The lowest BCUT2D eigenvalue weighted by atomic mass is 9.90.